The van der Waals surface area contributed by atoms with Gasteiger partial charge >= 0.3 is 0 Å². The maximum atomic E-state index is 12.8. The Bertz CT molecular complexity index is 744. The molecule has 0 aliphatic rings. The number of ether oxygens (including phenoxy) is 2. The third-order valence-corrected chi connectivity index (χ3v) is 3.58. The Kier molecular flexibility index (Phi) is 6.51. The van der Waals surface area contributed by atoms with Crippen molar-refractivity contribution in [2.75, 3.05) is 20.3 Å². The number of benzene rings is 2. The fraction of sp³-hybridized carbons (Fsp3) is 0.263. The lowest BCUT2D eigenvalue weighted by Gasteiger charge is -2.11. The predicted molar refractivity (Wildman–Crippen MR) is 91.6 cm³/mol. The maximum Gasteiger partial charge on any atom is 0.257 e. The molecular weight excluding hydrogens is 325 g/mol. The molecule has 2 aromatic rings. The van der Waals surface area contributed by atoms with Crippen LogP contribution in [0.2, 0.25) is 0 Å². The third kappa shape index (κ3) is 5.60. The van der Waals surface area contributed by atoms with Crippen molar-refractivity contribution in [3.63, 3.8) is 0 Å². The van der Waals surface area contributed by atoms with Crippen molar-refractivity contribution in [1.29, 1.82) is 0 Å². The highest BCUT2D eigenvalue weighted by Gasteiger charge is 2.10. The number of hydrogen-bond acceptors (Lipinski definition) is 4. The van der Waals surface area contributed by atoms with Crippen molar-refractivity contribution < 1.29 is 23.5 Å². The molecule has 0 saturated carbocycles. The van der Waals surface area contributed by atoms with Crippen molar-refractivity contribution >= 4 is 11.7 Å². The van der Waals surface area contributed by atoms with E-state index >= 15 is 0 Å². The minimum atomic E-state index is -0.286. The summed E-state index contributed by atoms with van der Waals surface area (Å²) < 4.78 is 23.4. The van der Waals surface area contributed by atoms with Crippen LogP contribution in [0.1, 0.15) is 22.8 Å². The normalized spacial score (nSPS) is 10.2. The van der Waals surface area contributed by atoms with Crippen LogP contribution in [0.15, 0.2) is 42.5 Å². The molecule has 0 radical (unpaired) electrons. The molecule has 0 bridgehead atoms. The van der Waals surface area contributed by atoms with Crippen molar-refractivity contribution in [3.05, 3.63) is 59.4 Å². The average molecular weight is 345 g/mol. The molecule has 2 aromatic carbocycles. The number of rotatable bonds is 8. The van der Waals surface area contributed by atoms with Gasteiger partial charge in [0.05, 0.1) is 7.11 Å². The van der Waals surface area contributed by atoms with Gasteiger partial charge in [-0.1, -0.05) is 12.1 Å². The Morgan fingerprint density at radius 2 is 1.80 bits per heavy atom. The molecule has 0 fully saturated rings. The first-order valence-corrected chi connectivity index (χ1v) is 7.82. The molecule has 5 nitrogen and oxygen atoms in total. The van der Waals surface area contributed by atoms with Crippen molar-refractivity contribution in [2.45, 2.75) is 13.3 Å². The second-order valence-corrected chi connectivity index (χ2v) is 5.44. The molecule has 0 atom stereocenters. The summed E-state index contributed by atoms with van der Waals surface area (Å²) in [5.41, 5.74) is 1.44. The summed E-state index contributed by atoms with van der Waals surface area (Å²) in [6.45, 7) is 1.72. The van der Waals surface area contributed by atoms with Crippen LogP contribution in [0, 0.1) is 5.82 Å². The minimum absolute atomic E-state index is 0.0802. The van der Waals surface area contributed by atoms with Gasteiger partial charge in [0.1, 0.15) is 5.82 Å². The Labute approximate surface area is 145 Å². The molecule has 0 spiro atoms. The van der Waals surface area contributed by atoms with Crippen LogP contribution in [0.3, 0.4) is 0 Å². The second kappa shape index (κ2) is 8.82. The standard InChI is InChI=1S/C19H20FNO4/c1-13(22)15-5-8-17(18(11-15)24-2)25-12-19(23)21-10-9-14-3-6-16(20)7-4-14/h3-8,11H,9-10,12H2,1-2H3,(H,21,23). The van der Waals surface area contributed by atoms with Crippen LogP contribution in [0.25, 0.3) is 0 Å². The SMILES string of the molecule is COc1cc(C(C)=O)ccc1OCC(=O)NCCc1ccc(F)cc1. The summed E-state index contributed by atoms with van der Waals surface area (Å²) in [5.74, 6) is 0.141. The van der Waals surface area contributed by atoms with Gasteiger partial charge in [0, 0.05) is 12.1 Å². The molecule has 2 rings (SSSR count). The zero-order valence-electron chi connectivity index (χ0n) is 14.2. The van der Waals surface area contributed by atoms with E-state index in [1.54, 1.807) is 30.3 Å². The molecular formula is C19H20FNO4. The fourth-order valence-corrected chi connectivity index (χ4v) is 2.20. The smallest absolute Gasteiger partial charge is 0.257 e. The van der Waals surface area contributed by atoms with Crippen LogP contribution >= 0.6 is 0 Å². The first-order chi connectivity index (χ1) is 12.0. The topological polar surface area (TPSA) is 64.6 Å². The van der Waals surface area contributed by atoms with Gasteiger partial charge in [0.25, 0.3) is 5.91 Å². The predicted octanol–water partition coefficient (Wildman–Crippen LogP) is 2.77. The molecule has 1 N–H and O–H groups in total. The molecule has 6 heteroatoms. The zero-order chi connectivity index (χ0) is 18.2. The quantitative estimate of drug-likeness (QED) is 0.747. The molecule has 0 aromatic heterocycles. The van der Waals surface area contributed by atoms with Crippen LogP contribution in [0.4, 0.5) is 4.39 Å². The first-order valence-electron chi connectivity index (χ1n) is 7.82. The number of halogens is 1. The highest BCUT2D eigenvalue weighted by atomic mass is 19.1. The van der Waals surface area contributed by atoms with E-state index in [2.05, 4.69) is 5.32 Å². The van der Waals surface area contributed by atoms with Gasteiger partial charge in [-0.15, -0.1) is 0 Å². The maximum absolute atomic E-state index is 12.8. The van der Waals surface area contributed by atoms with E-state index in [4.69, 9.17) is 9.47 Å². The first kappa shape index (κ1) is 18.4. The van der Waals surface area contributed by atoms with Gasteiger partial charge in [-0.2, -0.15) is 0 Å². The number of hydrogen-bond donors (Lipinski definition) is 1. The van der Waals surface area contributed by atoms with Crippen LogP contribution in [-0.2, 0) is 11.2 Å². The summed E-state index contributed by atoms with van der Waals surface area (Å²) in [4.78, 5) is 23.2. The van der Waals surface area contributed by atoms with Gasteiger partial charge in [-0.3, -0.25) is 9.59 Å². The van der Waals surface area contributed by atoms with Gasteiger partial charge in [-0.05, 0) is 49.2 Å². The number of nitrogens with one attached hydrogen (secondary N) is 1. The Hall–Kier alpha value is -2.89. The number of amides is 1. The van der Waals surface area contributed by atoms with E-state index in [-0.39, 0.29) is 24.1 Å². The summed E-state index contributed by atoms with van der Waals surface area (Å²) >= 11 is 0. The van der Waals surface area contributed by atoms with Gasteiger partial charge in [0.2, 0.25) is 0 Å². The van der Waals surface area contributed by atoms with E-state index in [0.29, 0.717) is 30.0 Å². The average Bonchev–Trinajstić information content (AvgIpc) is 2.61. The minimum Gasteiger partial charge on any atom is -0.493 e. The Morgan fingerprint density at radius 1 is 1.08 bits per heavy atom. The molecule has 0 saturated heterocycles. The van der Waals surface area contributed by atoms with E-state index < -0.39 is 0 Å². The summed E-state index contributed by atoms with van der Waals surface area (Å²) in [6.07, 6.45) is 0.600. The fourth-order valence-electron chi connectivity index (χ4n) is 2.20. The molecule has 25 heavy (non-hydrogen) atoms. The lowest BCUT2D eigenvalue weighted by atomic mass is 10.1. The van der Waals surface area contributed by atoms with Crippen LogP contribution in [-0.4, -0.2) is 32.0 Å². The molecule has 0 unspecified atom stereocenters. The van der Waals surface area contributed by atoms with E-state index in [9.17, 15) is 14.0 Å². The summed E-state index contributed by atoms with van der Waals surface area (Å²) in [7, 11) is 1.47. The monoisotopic (exact) mass is 345 g/mol. The van der Waals surface area contributed by atoms with Crippen LogP contribution in [0.5, 0.6) is 11.5 Å². The highest BCUT2D eigenvalue weighted by Crippen LogP contribution is 2.28. The Balaban J connectivity index is 1.81. The number of methoxy groups -OCH3 is 1. The van der Waals surface area contributed by atoms with E-state index in [1.165, 1.54) is 26.2 Å². The highest BCUT2D eigenvalue weighted by molar-refractivity contribution is 5.94. The molecule has 132 valence electrons. The third-order valence-electron chi connectivity index (χ3n) is 3.58. The Morgan fingerprint density at radius 3 is 2.44 bits per heavy atom. The van der Waals surface area contributed by atoms with Crippen molar-refractivity contribution in [3.8, 4) is 11.5 Å². The van der Waals surface area contributed by atoms with Gasteiger partial charge < -0.3 is 14.8 Å². The van der Waals surface area contributed by atoms with Gasteiger partial charge in [-0.25, -0.2) is 4.39 Å². The molecule has 0 aliphatic carbocycles. The largest absolute Gasteiger partial charge is 0.493 e. The lowest BCUT2D eigenvalue weighted by molar-refractivity contribution is -0.123. The van der Waals surface area contributed by atoms with Crippen molar-refractivity contribution in [2.24, 2.45) is 0 Å². The van der Waals surface area contributed by atoms with Crippen LogP contribution < -0.4 is 14.8 Å². The zero-order valence-corrected chi connectivity index (χ0v) is 14.2. The molecule has 0 aliphatic heterocycles. The second-order valence-electron chi connectivity index (χ2n) is 5.44. The van der Waals surface area contributed by atoms with E-state index in [0.717, 1.165) is 5.56 Å². The molecule has 0 heterocycles. The number of ketones is 1. The van der Waals surface area contributed by atoms with Crippen molar-refractivity contribution in [1.82, 2.24) is 5.32 Å². The summed E-state index contributed by atoms with van der Waals surface area (Å²) in [6, 6.07) is 10.9. The number of carbonyl (C=O) groups excluding carboxylic acids is 2. The molecule has 1 amide bonds. The number of Topliss-reactive ketones (excluding diaryl/α,β-unsaturated/α-hetero) is 1. The van der Waals surface area contributed by atoms with E-state index in [1.807, 2.05) is 0 Å². The van der Waals surface area contributed by atoms with Gasteiger partial charge in [0.15, 0.2) is 23.9 Å². The lowest BCUT2D eigenvalue weighted by Crippen LogP contribution is -2.30. The number of carbonyl (C=O) groups is 2. The summed E-state index contributed by atoms with van der Waals surface area (Å²) in [5, 5.41) is 2.73.